The maximum absolute atomic E-state index is 11.7. The van der Waals surface area contributed by atoms with Crippen molar-refractivity contribution in [3.63, 3.8) is 0 Å². The summed E-state index contributed by atoms with van der Waals surface area (Å²) in [6.07, 6.45) is 2.83. The molecule has 0 spiro atoms. The summed E-state index contributed by atoms with van der Waals surface area (Å²) in [6.45, 7) is 0.535. The van der Waals surface area contributed by atoms with Crippen LogP contribution in [0.25, 0.3) is 0 Å². The predicted octanol–water partition coefficient (Wildman–Crippen LogP) is 1.19. The van der Waals surface area contributed by atoms with E-state index in [2.05, 4.69) is 15.5 Å². The van der Waals surface area contributed by atoms with Gasteiger partial charge in [-0.3, -0.25) is 4.79 Å². The fourth-order valence-corrected chi connectivity index (χ4v) is 1.88. The average molecular weight is 275 g/mol. The highest BCUT2D eigenvalue weighted by atomic mass is 16.5. The minimum atomic E-state index is -0.164. The molecule has 0 bridgehead atoms. The standard InChI is InChI=1S/C14H17N3O3/c1-19-12-4-3-10(9-13(12)20-2)5-7-15-14(18)11-6-8-16-17-11/h3-4,8-9H,5-7H2,1-2H3,(H,15,18). The van der Waals surface area contributed by atoms with Gasteiger partial charge < -0.3 is 14.8 Å². The second-order valence-corrected chi connectivity index (χ2v) is 4.24. The van der Waals surface area contributed by atoms with Crippen molar-refractivity contribution in [2.24, 2.45) is 10.2 Å². The minimum Gasteiger partial charge on any atom is -0.493 e. The Morgan fingerprint density at radius 2 is 2.10 bits per heavy atom. The molecule has 0 saturated carbocycles. The maximum Gasteiger partial charge on any atom is 0.267 e. The number of methoxy groups -OCH3 is 2. The first kappa shape index (κ1) is 14.0. The Morgan fingerprint density at radius 1 is 1.30 bits per heavy atom. The highest BCUT2D eigenvalue weighted by Gasteiger charge is 2.12. The molecule has 20 heavy (non-hydrogen) atoms. The van der Waals surface area contributed by atoms with Crippen molar-refractivity contribution in [3.8, 4) is 11.5 Å². The van der Waals surface area contributed by atoms with Gasteiger partial charge in [0.05, 0.1) is 14.2 Å². The molecule has 6 heteroatoms. The summed E-state index contributed by atoms with van der Waals surface area (Å²) < 4.78 is 10.4. The highest BCUT2D eigenvalue weighted by molar-refractivity contribution is 6.41. The molecule has 1 aromatic carbocycles. The van der Waals surface area contributed by atoms with Crippen LogP contribution in [0.3, 0.4) is 0 Å². The maximum atomic E-state index is 11.7. The molecule has 1 amide bonds. The number of carbonyl (C=O) groups is 1. The van der Waals surface area contributed by atoms with Crippen molar-refractivity contribution >= 4 is 17.8 Å². The van der Waals surface area contributed by atoms with Gasteiger partial charge in [-0.25, -0.2) is 0 Å². The highest BCUT2D eigenvalue weighted by Crippen LogP contribution is 2.27. The number of nitrogens with one attached hydrogen (secondary N) is 1. The smallest absolute Gasteiger partial charge is 0.267 e. The molecule has 1 aliphatic heterocycles. The van der Waals surface area contributed by atoms with E-state index in [1.54, 1.807) is 20.4 Å². The normalized spacial score (nSPS) is 13.0. The molecule has 0 radical (unpaired) electrons. The third kappa shape index (κ3) is 3.34. The lowest BCUT2D eigenvalue weighted by Crippen LogP contribution is -2.31. The lowest BCUT2D eigenvalue weighted by molar-refractivity contribution is -0.114. The van der Waals surface area contributed by atoms with Crippen LogP contribution >= 0.6 is 0 Å². The summed E-state index contributed by atoms with van der Waals surface area (Å²) in [6, 6.07) is 5.70. The molecule has 1 aliphatic rings. The van der Waals surface area contributed by atoms with Crippen LogP contribution in [0.15, 0.2) is 28.4 Å². The van der Waals surface area contributed by atoms with E-state index in [9.17, 15) is 4.79 Å². The summed E-state index contributed by atoms with van der Waals surface area (Å²) in [5.74, 6) is 1.21. The summed E-state index contributed by atoms with van der Waals surface area (Å²) in [4.78, 5) is 11.7. The molecule has 1 N–H and O–H groups in total. The van der Waals surface area contributed by atoms with Crippen molar-refractivity contribution in [3.05, 3.63) is 23.8 Å². The van der Waals surface area contributed by atoms with Gasteiger partial charge in [-0.15, -0.1) is 5.10 Å². The van der Waals surface area contributed by atoms with E-state index in [0.29, 0.717) is 36.6 Å². The predicted molar refractivity (Wildman–Crippen MR) is 76.8 cm³/mol. The molecule has 1 heterocycles. The monoisotopic (exact) mass is 275 g/mol. The third-order valence-electron chi connectivity index (χ3n) is 2.95. The third-order valence-corrected chi connectivity index (χ3v) is 2.95. The van der Waals surface area contributed by atoms with Crippen LogP contribution in [0.5, 0.6) is 11.5 Å². The summed E-state index contributed by atoms with van der Waals surface area (Å²) in [5, 5.41) is 10.2. The second-order valence-electron chi connectivity index (χ2n) is 4.24. The van der Waals surface area contributed by atoms with Gasteiger partial charge in [0.25, 0.3) is 5.91 Å². The fraction of sp³-hybridized carbons (Fsp3) is 0.357. The topological polar surface area (TPSA) is 72.3 Å². The Kier molecular flexibility index (Phi) is 4.70. The lowest BCUT2D eigenvalue weighted by Gasteiger charge is -2.10. The van der Waals surface area contributed by atoms with Crippen molar-refractivity contribution in [2.45, 2.75) is 12.8 Å². The number of nitrogens with zero attached hydrogens (tertiary/aromatic N) is 2. The minimum absolute atomic E-state index is 0.164. The quantitative estimate of drug-likeness (QED) is 0.847. The Hall–Kier alpha value is -2.37. The molecular weight excluding hydrogens is 258 g/mol. The van der Waals surface area contributed by atoms with Crippen LogP contribution in [-0.4, -0.2) is 38.6 Å². The number of amides is 1. The molecule has 0 fully saturated rings. The van der Waals surface area contributed by atoms with E-state index in [4.69, 9.17) is 9.47 Å². The first-order valence-electron chi connectivity index (χ1n) is 6.32. The van der Waals surface area contributed by atoms with Gasteiger partial charge in [0.15, 0.2) is 11.5 Å². The van der Waals surface area contributed by atoms with Crippen molar-refractivity contribution in [1.29, 1.82) is 0 Å². The van der Waals surface area contributed by atoms with E-state index in [1.807, 2.05) is 18.2 Å². The fourth-order valence-electron chi connectivity index (χ4n) is 1.88. The first-order valence-corrected chi connectivity index (χ1v) is 6.32. The van der Waals surface area contributed by atoms with Gasteiger partial charge in [0.2, 0.25) is 0 Å². The van der Waals surface area contributed by atoms with E-state index >= 15 is 0 Å². The Bertz CT molecular complexity index is 553. The van der Waals surface area contributed by atoms with Gasteiger partial charge in [-0.05, 0) is 24.1 Å². The lowest BCUT2D eigenvalue weighted by atomic mass is 10.1. The number of ether oxygens (including phenoxy) is 2. The molecule has 6 nitrogen and oxygen atoms in total. The van der Waals surface area contributed by atoms with Crippen LogP contribution < -0.4 is 14.8 Å². The molecule has 106 valence electrons. The second kappa shape index (κ2) is 6.70. The van der Waals surface area contributed by atoms with Crippen LogP contribution in [-0.2, 0) is 11.2 Å². The zero-order valence-electron chi connectivity index (χ0n) is 11.5. The molecule has 2 rings (SSSR count). The van der Waals surface area contributed by atoms with E-state index in [0.717, 1.165) is 5.56 Å². The molecule has 0 aromatic heterocycles. The number of benzene rings is 1. The Morgan fingerprint density at radius 3 is 2.75 bits per heavy atom. The number of rotatable bonds is 6. The van der Waals surface area contributed by atoms with E-state index in [1.165, 1.54) is 0 Å². The molecule has 0 unspecified atom stereocenters. The van der Waals surface area contributed by atoms with Gasteiger partial charge in [0.1, 0.15) is 5.71 Å². The Labute approximate surface area is 117 Å². The molecule has 0 atom stereocenters. The van der Waals surface area contributed by atoms with E-state index < -0.39 is 0 Å². The Balaban J connectivity index is 1.86. The van der Waals surface area contributed by atoms with Gasteiger partial charge in [-0.1, -0.05) is 6.07 Å². The van der Waals surface area contributed by atoms with Gasteiger partial charge >= 0.3 is 0 Å². The summed E-state index contributed by atoms with van der Waals surface area (Å²) in [7, 11) is 3.20. The van der Waals surface area contributed by atoms with Crippen LogP contribution in [0, 0.1) is 0 Å². The molecule has 0 saturated heterocycles. The van der Waals surface area contributed by atoms with Gasteiger partial charge in [0, 0.05) is 19.2 Å². The van der Waals surface area contributed by atoms with Crippen LogP contribution in [0.2, 0.25) is 0 Å². The average Bonchev–Trinajstić information content (AvgIpc) is 3.01. The first-order chi connectivity index (χ1) is 9.74. The van der Waals surface area contributed by atoms with Gasteiger partial charge in [-0.2, -0.15) is 5.10 Å². The van der Waals surface area contributed by atoms with E-state index in [-0.39, 0.29) is 5.91 Å². The molecular formula is C14H17N3O3. The number of hydrogen-bond acceptors (Lipinski definition) is 5. The van der Waals surface area contributed by atoms with Crippen molar-refractivity contribution < 1.29 is 14.3 Å². The largest absolute Gasteiger partial charge is 0.493 e. The van der Waals surface area contributed by atoms with Crippen LogP contribution in [0.1, 0.15) is 12.0 Å². The van der Waals surface area contributed by atoms with Crippen molar-refractivity contribution in [2.75, 3.05) is 20.8 Å². The van der Waals surface area contributed by atoms with Crippen molar-refractivity contribution in [1.82, 2.24) is 5.32 Å². The number of carbonyl (C=O) groups excluding carboxylic acids is 1. The summed E-state index contributed by atoms with van der Waals surface area (Å²) >= 11 is 0. The number of hydrogen-bond donors (Lipinski definition) is 1. The molecule has 0 aliphatic carbocycles. The SMILES string of the molecule is COc1ccc(CCNC(=O)C2=NN=CC2)cc1OC. The molecule has 1 aromatic rings. The zero-order chi connectivity index (χ0) is 14.4. The summed E-state index contributed by atoms with van der Waals surface area (Å²) in [5.41, 5.74) is 1.52. The van der Waals surface area contributed by atoms with Crippen LogP contribution in [0.4, 0.5) is 0 Å². The zero-order valence-corrected chi connectivity index (χ0v) is 11.5.